The number of unbranched alkanes of at least 4 members (excludes halogenated alkanes) is 9. The maximum absolute atomic E-state index is 11.4. The molecule has 0 unspecified atom stereocenters. The highest BCUT2D eigenvalue weighted by Gasteiger charge is 2.19. The maximum Gasteiger partial charge on any atom is 0.540 e. The molecule has 0 fully saturated rings. The molecular weight excluding hydrogens is 416 g/mol. The minimum absolute atomic E-state index is 0.324. The fourth-order valence-corrected chi connectivity index (χ4v) is 2.33. The van der Waals surface area contributed by atoms with Crippen molar-refractivity contribution >= 4 is 12.3 Å². The van der Waals surface area contributed by atoms with E-state index in [2.05, 4.69) is 22.9 Å². The van der Waals surface area contributed by atoms with Crippen molar-refractivity contribution in [1.29, 1.82) is 0 Å². The van der Waals surface area contributed by atoms with Crippen LogP contribution in [-0.4, -0.2) is 36.7 Å². The Labute approximate surface area is 193 Å². The van der Waals surface area contributed by atoms with Crippen LogP contribution in [0.4, 0.5) is 9.59 Å². The number of ether oxygens (including phenoxy) is 2. The lowest BCUT2D eigenvalue weighted by molar-refractivity contribution is -0.303. The first kappa shape index (κ1) is 29.9. The second kappa shape index (κ2) is 17.5. The van der Waals surface area contributed by atoms with Gasteiger partial charge in [0.1, 0.15) is 11.2 Å². The van der Waals surface area contributed by atoms with Gasteiger partial charge in [-0.3, -0.25) is 9.78 Å². The average Bonchev–Trinajstić information content (AvgIpc) is 2.76. The molecule has 32 heavy (non-hydrogen) atoms. The molecule has 0 spiro atoms. The molecule has 0 saturated carbocycles. The number of rotatable bonds is 19. The van der Waals surface area contributed by atoms with E-state index in [1.165, 1.54) is 25.0 Å². The van der Waals surface area contributed by atoms with E-state index in [4.69, 9.17) is 19.2 Å². The summed E-state index contributed by atoms with van der Waals surface area (Å²) in [6.45, 7) is 14.7. The van der Waals surface area contributed by atoms with Crippen molar-refractivity contribution in [2.45, 2.75) is 103 Å². The Balaban J connectivity index is 3.36. The Morgan fingerprint density at radius 2 is 0.875 bits per heavy atom. The third-order valence-electron chi connectivity index (χ3n) is 4.61. The van der Waals surface area contributed by atoms with Gasteiger partial charge in [0.15, 0.2) is 0 Å². The largest absolute Gasteiger partial charge is 0.540 e. The minimum atomic E-state index is -0.827. The molecule has 0 saturated heterocycles. The molecular formula is C24H42O8. The van der Waals surface area contributed by atoms with Gasteiger partial charge < -0.3 is 9.47 Å². The third-order valence-corrected chi connectivity index (χ3v) is 4.61. The summed E-state index contributed by atoms with van der Waals surface area (Å²) in [4.78, 5) is 41.7. The highest BCUT2D eigenvalue weighted by molar-refractivity contribution is 5.59. The van der Waals surface area contributed by atoms with Gasteiger partial charge in [-0.15, -0.1) is 13.2 Å². The average molecular weight is 459 g/mol. The summed E-state index contributed by atoms with van der Waals surface area (Å²) >= 11 is 0. The topological polar surface area (TPSA) is 89.5 Å². The standard InChI is InChI=1S/C24H42O8/c1-7-23(3,4)31-29-21(25)27-19-17-15-13-11-9-10-12-14-16-18-20-28-22(26)30-32-24(5,6)8-2/h7-8H,1-2,9-20H2,3-6H3. The lowest BCUT2D eigenvalue weighted by Crippen LogP contribution is -2.23. The molecule has 186 valence electrons. The number of hydrogen-bond acceptors (Lipinski definition) is 8. The molecule has 0 aromatic carbocycles. The fourth-order valence-electron chi connectivity index (χ4n) is 2.33. The van der Waals surface area contributed by atoms with Gasteiger partial charge in [0.25, 0.3) is 0 Å². The molecule has 0 heterocycles. The van der Waals surface area contributed by atoms with Gasteiger partial charge in [0.2, 0.25) is 0 Å². The van der Waals surface area contributed by atoms with Crippen LogP contribution in [0.1, 0.15) is 91.9 Å². The molecule has 0 aliphatic heterocycles. The highest BCUT2D eigenvalue weighted by Crippen LogP contribution is 2.13. The highest BCUT2D eigenvalue weighted by atomic mass is 17.2. The van der Waals surface area contributed by atoms with Crippen LogP contribution in [0, 0.1) is 0 Å². The molecule has 0 rings (SSSR count). The van der Waals surface area contributed by atoms with E-state index >= 15 is 0 Å². The van der Waals surface area contributed by atoms with Gasteiger partial charge in [0, 0.05) is 0 Å². The Morgan fingerprint density at radius 3 is 1.16 bits per heavy atom. The van der Waals surface area contributed by atoms with E-state index in [1.54, 1.807) is 27.7 Å². The zero-order valence-electron chi connectivity index (χ0n) is 20.3. The second-order valence-corrected chi connectivity index (χ2v) is 8.68. The second-order valence-electron chi connectivity index (χ2n) is 8.68. The normalized spacial score (nSPS) is 11.5. The molecule has 0 aromatic rings. The van der Waals surface area contributed by atoms with Gasteiger partial charge in [-0.2, -0.15) is 9.78 Å². The summed E-state index contributed by atoms with van der Waals surface area (Å²) in [6.07, 6.45) is 12.0. The molecule has 0 aromatic heterocycles. The monoisotopic (exact) mass is 458 g/mol. The summed E-state index contributed by atoms with van der Waals surface area (Å²) in [5.41, 5.74) is -1.47. The van der Waals surface area contributed by atoms with Gasteiger partial charge >= 0.3 is 12.3 Å². The van der Waals surface area contributed by atoms with Crippen LogP contribution < -0.4 is 0 Å². The first-order valence-electron chi connectivity index (χ1n) is 11.4. The van der Waals surface area contributed by atoms with Crippen LogP contribution in [-0.2, 0) is 29.0 Å². The van der Waals surface area contributed by atoms with Crippen molar-refractivity contribution in [2.75, 3.05) is 13.2 Å². The zero-order chi connectivity index (χ0) is 24.3. The smallest absolute Gasteiger partial charge is 0.432 e. The van der Waals surface area contributed by atoms with E-state index in [9.17, 15) is 9.59 Å². The van der Waals surface area contributed by atoms with E-state index in [-0.39, 0.29) is 0 Å². The predicted octanol–water partition coefficient (Wildman–Crippen LogP) is 6.99. The first-order valence-corrected chi connectivity index (χ1v) is 11.4. The molecule has 0 radical (unpaired) electrons. The van der Waals surface area contributed by atoms with Crippen LogP contribution in [0.5, 0.6) is 0 Å². The molecule has 0 amide bonds. The quantitative estimate of drug-likeness (QED) is 0.0673. The summed E-state index contributed by atoms with van der Waals surface area (Å²) in [5, 5.41) is 0. The maximum atomic E-state index is 11.4. The first-order chi connectivity index (χ1) is 15.1. The van der Waals surface area contributed by atoms with Gasteiger partial charge in [-0.1, -0.05) is 63.5 Å². The number of hydrogen-bond donors (Lipinski definition) is 0. The van der Waals surface area contributed by atoms with Gasteiger partial charge in [-0.25, -0.2) is 9.59 Å². The van der Waals surface area contributed by atoms with Gasteiger partial charge in [0.05, 0.1) is 13.2 Å². The van der Waals surface area contributed by atoms with Crippen LogP contribution in [0.15, 0.2) is 25.3 Å². The molecule has 8 nitrogen and oxygen atoms in total. The third kappa shape index (κ3) is 18.7. The molecule has 0 aliphatic rings. The Bertz CT molecular complexity index is 494. The van der Waals surface area contributed by atoms with Crippen molar-refractivity contribution in [3.05, 3.63) is 25.3 Å². The van der Waals surface area contributed by atoms with Crippen LogP contribution in [0.25, 0.3) is 0 Å². The van der Waals surface area contributed by atoms with Crippen molar-refractivity contribution in [2.24, 2.45) is 0 Å². The lowest BCUT2D eigenvalue weighted by atomic mass is 10.1. The summed E-state index contributed by atoms with van der Waals surface area (Å²) in [5.74, 6) is 0. The van der Waals surface area contributed by atoms with E-state index < -0.39 is 23.5 Å². The fraction of sp³-hybridized carbons (Fsp3) is 0.750. The summed E-state index contributed by atoms with van der Waals surface area (Å²) < 4.78 is 9.90. The predicted molar refractivity (Wildman–Crippen MR) is 122 cm³/mol. The Hall–Kier alpha value is -2.06. The van der Waals surface area contributed by atoms with E-state index in [1.807, 2.05) is 0 Å². The molecule has 0 atom stereocenters. The molecule has 0 bridgehead atoms. The van der Waals surface area contributed by atoms with Crippen LogP contribution in [0.3, 0.4) is 0 Å². The molecule has 0 N–H and O–H groups in total. The Morgan fingerprint density at radius 1 is 0.594 bits per heavy atom. The van der Waals surface area contributed by atoms with E-state index in [0.29, 0.717) is 13.2 Å². The summed E-state index contributed by atoms with van der Waals surface area (Å²) in [6, 6.07) is 0. The Kier molecular flexibility index (Phi) is 16.4. The van der Waals surface area contributed by atoms with E-state index in [0.717, 1.165) is 51.4 Å². The molecule has 8 heteroatoms. The van der Waals surface area contributed by atoms with Crippen LogP contribution in [0.2, 0.25) is 0 Å². The van der Waals surface area contributed by atoms with Crippen molar-refractivity contribution in [3.8, 4) is 0 Å². The minimum Gasteiger partial charge on any atom is -0.432 e. The summed E-state index contributed by atoms with van der Waals surface area (Å²) in [7, 11) is 0. The van der Waals surface area contributed by atoms with Gasteiger partial charge in [-0.05, 0) is 40.5 Å². The zero-order valence-corrected chi connectivity index (χ0v) is 20.3. The van der Waals surface area contributed by atoms with Crippen molar-refractivity contribution < 1.29 is 38.6 Å². The molecule has 0 aliphatic carbocycles. The lowest BCUT2D eigenvalue weighted by Gasteiger charge is -2.17. The number of carbonyl (C=O) groups is 2. The van der Waals surface area contributed by atoms with Crippen molar-refractivity contribution in [3.63, 3.8) is 0 Å². The SMILES string of the molecule is C=CC(C)(C)OOC(=O)OCCCCCCCCCCCCOC(=O)OOC(C)(C)C=C. The van der Waals surface area contributed by atoms with Crippen LogP contribution >= 0.6 is 0 Å². The van der Waals surface area contributed by atoms with Crippen molar-refractivity contribution in [1.82, 2.24) is 0 Å². The number of carbonyl (C=O) groups excluding carboxylic acids is 2.